The number of benzene rings is 2. The summed E-state index contributed by atoms with van der Waals surface area (Å²) in [7, 11) is -3.21. The van der Waals surface area contributed by atoms with Gasteiger partial charge in [-0.15, -0.1) is 11.3 Å². The van der Waals surface area contributed by atoms with Crippen LogP contribution in [0.5, 0.6) is 0 Å². The van der Waals surface area contributed by atoms with Crippen molar-refractivity contribution in [2.24, 2.45) is 0 Å². The molecule has 156 valence electrons. The third-order valence-corrected chi connectivity index (χ3v) is 7.83. The Morgan fingerprint density at radius 1 is 1.10 bits per heavy atom. The Labute approximate surface area is 180 Å². The second kappa shape index (κ2) is 8.20. The van der Waals surface area contributed by atoms with Crippen molar-refractivity contribution in [1.29, 1.82) is 0 Å². The van der Waals surface area contributed by atoms with Crippen LogP contribution in [-0.4, -0.2) is 31.6 Å². The fourth-order valence-electron chi connectivity index (χ4n) is 3.36. The zero-order valence-electron chi connectivity index (χ0n) is 16.8. The first-order valence-electron chi connectivity index (χ1n) is 9.81. The predicted molar refractivity (Wildman–Crippen MR) is 122 cm³/mol. The predicted octanol–water partition coefficient (Wildman–Crippen LogP) is 4.73. The van der Waals surface area contributed by atoms with Crippen LogP contribution in [0.3, 0.4) is 0 Å². The van der Waals surface area contributed by atoms with Crippen molar-refractivity contribution >= 4 is 38.6 Å². The minimum absolute atomic E-state index is 0.178. The molecule has 1 aliphatic rings. The first-order valence-corrected chi connectivity index (χ1v) is 12.3. The Balaban J connectivity index is 1.44. The standard InChI is InChI=1S/C22H23N3O3S2/c1-15(2)16-4-6-17(7-5-16)22-24-20(14-29-22)21(26)23-18-8-10-19(11-9-18)25-12-3-13-30(25,27)28/h4-11,14-15H,3,12-13H2,1-2H3,(H,23,26). The van der Waals surface area contributed by atoms with E-state index in [-0.39, 0.29) is 11.7 Å². The van der Waals surface area contributed by atoms with Crippen LogP contribution in [0.25, 0.3) is 10.6 Å². The highest BCUT2D eigenvalue weighted by atomic mass is 32.2. The first kappa shape index (κ1) is 20.6. The second-order valence-corrected chi connectivity index (χ2v) is 10.4. The van der Waals surface area contributed by atoms with Crippen LogP contribution in [-0.2, 0) is 10.0 Å². The van der Waals surface area contributed by atoms with Crippen molar-refractivity contribution in [2.45, 2.75) is 26.2 Å². The van der Waals surface area contributed by atoms with Gasteiger partial charge in [-0.1, -0.05) is 38.1 Å². The van der Waals surface area contributed by atoms with E-state index >= 15 is 0 Å². The van der Waals surface area contributed by atoms with Crippen molar-refractivity contribution in [3.63, 3.8) is 0 Å². The number of carbonyl (C=O) groups excluding carboxylic acids is 1. The lowest BCUT2D eigenvalue weighted by Gasteiger charge is -2.17. The molecule has 4 rings (SSSR count). The van der Waals surface area contributed by atoms with Crippen LogP contribution >= 0.6 is 11.3 Å². The molecule has 0 atom stereocenters. The molecule has 8 heteroatoms. The molecule has 1 aromatic heterocycles. The minimum Gasteiger partial charge on any atom is -0.321 e. The molecule has 3 aromatic rings. The van der Waals surface area contributed by atoms with Gasteiger partial charge in [0.15, 0.2) is 0 Å². The molecule has 0 bridgehead atoms. The van der Waals surface area contributed by atoms with Crippen LogP contribution in [0.15, 0.2) is 53.9 Å². The summed E-state index contributed by atoms with van der Waals surface area (Å²) in [6, 6.07) is 15.1. The van der Waals surface area contributed by atoms with Crippen LogP contribution in [0, 0.1) is 0 Å². The average Bonchev–Trinajstić information content (AvgIpc) is 3.35. The highest BCUT2D eigenvalue weighted by Gasteiger charge is 2.28. The molecule has 6 nitrogen and oxygen atoms in total. The highest BCUT2D eigenvalue weighted by Crippen LogP contribution is 2.27. The fourth-order valence-corrected chi connectivity index (χ4v) is 5.73. The Morgan fingerprint density at radius 3 is 2.40 bits per heavy atom. The fraction of sp³-hybridized carbons (Fsp3) is 0.273. The van der Waals surface area contributed by atoms with Gasteiger partial charge in [-0.2, -0.15) is 0 Å². The Hall–Kier alpha value is -2.71. The third-order valence-electron chi connectivity index (χ3n) is 5.07. The number of aromatic nitrogens is 1. The number of nitrogens with zero attached hydrogens (tertiary/aromatic N) is 2. The van der Waals surface area contributed by atoms with Gasteiger partial charge >= 0.3 is 0 Å². The maximum Gasteiger partial charge on any atom is 0.275 e. The second-order valence-electron chi connectivity index (χ2n) is 7.56. The Bertz CT molecular complexity index is 1150. The monoisotopic (exact) mass is 441 g/mol. The van der Waals surface area contributed by atoms with Crippen molar-refractivity contribution in [1.82, 2.24) is 4.98 Å². The number of rotatable bonds is 5. The van der Waals surface area contributed by atoms with Gasteiger partial charge in [-0.05, 0) is 42.2 Å². The van der Waals surface area contributed by atoms with Crippen LogP contribution in [0.2, 0.25) is 0 Å². The number of carbonyl (C=O) groups is 1. The van der Waals surface area contributed by atoms with Gasteiger partial charge in [0.25, 0.3) is 5.91 Å². The normalized spacial score (nSPS) is 15.5. The van der Waals surface area contributed by atoms with Crippen molar-refractivity contribution in [3.05, 3.63) is 65.2 Å². The van der Waals surface area contributed by atoms with Crippen LogP contribution in [0.1, 0.15) is 42.2 Å². The van der Waals surface area contributed by atoms with Crippen molar-refractivity contribution in [2.75, 3.05) is 21.9 Å². The van der Waals surface area contributed by atoms with Gasteiger partial charge in [0.1, 0.15) is 10.7 Å². The van der Waals surface area contributed by atoms with E-state index in [0.29, 0.717) is 36.0 Å². The summed E-state index contributed by atoms with van der Waals surface area (Å²) in [4.78, 5) is 17.0. The van der Waals surface area contributed by atoms with Crippen molar-refractivity contribution in [3.8, 4) is 10.6 Å². The molecule has 0 spiro atoms. The van der Waals surface area contributed by atoms with E-state index in [1.807, 2.05) is 12.1 Å². The van der Waals surface area contributed by atoms with Gasteiger partial charge in [-0.25, -0.2) is 13.4 Å². The SMILES string of the molecule is CC(C)c1ccc(-c2nc(C(=O)Nc3ccc(N4CCCS4(=O)=O)cc3)cs2)cc1. The lowest BCUT2D eigenvalue weighted by molar-refractivity contribution is 0.102. The number of hydrogen-bond donors (Lipinski definition) is 1. The number of sulfonamides is 1. The first-order chi connectivity index (χ1) is 14.3. The number of amides is 1. The van der Waals surface area contributed by atoms with Crippen LogP contribution in [0.4, 0.5) is 11.4 Å². The van der Waals surface area contributed by atoms with Gasteiger partial charge in [0, 0.05) is 23.2 Å². The molecule has 0 unspecified atom stereocenters. The van der Waals surface area contributed by atoms with E-state index in [0.717, 1.165) is 10.6 Å². The highest BCUT2D eigenvalue weighted by molar-refractivity contribution is 7.93. The van der Waals surface area contributed by atoms with Gasteiger partial charge in [-0.3, -0.25) is 9.10 Å². The van der Waals surface area contributed by atoms with Crippen molar-refractivity contribution < 1.29 is 13.2 Å². The zero-order chi connectivity index (χ0) is 21.3. The molecule has 1 amide bonds. The number of hydrogen-bond acceptors (Lipinski definition) is 5. The summed E-state index contributed by atoms with van der Waals surface area (Å²) in [5.41, 5.74) is 3.81. The average molecular weight is 442 g/mol. The zero-order valence-corrected chi connectivity index (χ0v) is 18.5. The lowest BCUT2D eigenvalue weighted by atomic mass is 10.0. The lowest BCUT2D eigenvalue weighted by Crippen LogP contribution is -2.25. The maximum absolute atomic E-state index is 12.6. The molecule has 1 aliphatic heterocycles. The number of nitrogens with one attached hydrogen (secondary N) is 1. The number of anilines is 2. The summed E-state index contributed by atoms with van der Waals surface area (Å²) < 4.78 is 25.5. The molecule has 1 N–H and O–H groups in total. The smallest absolute Gasteiger partial charge is 0.275 e. The molecule has 2 aromatic carbocycles. The molecule has 2 heterocycles. The van der Waals surface area contributed by atoms with E-state index in [1.54, 1.807) is 29.6 Å². The topological polar surface area (TPSA) is 79.4 Å². The number of thiazole rings is 1. The molecule has 0 aliphatic carbocycles. The van der Waals surface area contributed by atoms with E-state index in [4.69, 9.17) is 0 Å². The summed E-state index contributed by atoms with van der Waals surface area (Å²) >= 11 is 1.43. The summed E-state index contributed by atoms with van der Waals surface area (Å²) in [6.45, 7) is 4.79. The summed E-state index contributed by atoms with van der Waals surface area (Å²) in [5.74, 6) is 0.351. The summed E-state index contributed by atoms with van der Waals surface area (Å²) in [6.07, 6.45) is 0.632. The molecule has 0 radical (unpaired) electrons. The van der Waals surface area contributed by atoms with Gasteiger partial charge < -0.3 is 5.32 Å². The molecular formula is C22H23N3O3S2. The minimum atomic E-state index is -3.21. The van der Waals surface area contributed by atoms with E-state index < -0.39 is 10.0 Å². The van der Waals surface area contributed by atoms with Gasteiger partial charge in [0.2, 0.25) is 10.0 Å². The third kappa shape index (κ3) is 4.24. The molecule has 1 fully saturated rings. The molecule has 30 heavy (non-hydrogen) atoms. The largest absolute Gasteiger partial charge is 0.321 e. The Kier molecular flexibility index (Phi) is 5.62. The molecule has 0 saturated carbocycles. The molecule has 1 saturated heterocycles. The summed E-state index contributed by atoms with van der Waals surface area (Å²) in [5, 5.41) is 5.36. The quantitative estimate of drug-likeness (QED) is 0.621. The maximum atomic E-state index is 12.6. The molecular weight excluding hydrogens is 418 g/mol. The van der Waals surface area contributed by atoms with Crippen LogP contribution < -0.4 is 9.62 Å². The van der Waals surface area contributed by atoms with E-state index in [2.05, 4.69) is 36.3 Å². The Morgan fingerprint density at radius 2 is 1.80 bits per heavy atom. The van der Waals surface area contributed by atoms with E-state index in [1.165, 1.54) is 21.2 Å². The van der Waals surface area contributed by atoms with E-state index in [9.17, 15) is 13.2 Å². The van der Waals surface area contributed by atoms with Gasteiger partial charge in [0.05, 0.1) is 11.4 Å².